The Morgan fingerprint density at radius 2 is 1.02 bits per heavy atom. The molecule has 320 valence electrons. The van der Waals surface area contributed by atoms with E-state index >= 15 is 0 Å². The molecule has 12 heteroatoms. The lowest BCUT2D eigenvalue weighted by Gasteiger charge is -2.20. The average molecular weight is 808 g/mol. The van der Waals surface area contributed by atoms with Gasteiger partial charge in [-0.3, -0.25) is 23.4 Å². The molecule has 0 saturated carbocycles. The fourth-order valence-corrected chi connectivity index (χ4v) is 5.93. The van der Waals surface area contributed by atoms with Crippen LogP contribution >= 0.6 is 7.82 Å². The minimum Gasteiger partial charge on any atom is -0.480 e. The number of aliphatic carboxylic acids is 1. The van der Waals surface area contributed by atoms with Gasteiger partial charge in [0, 0.05) is 12.8 Å². The van der Waals surface area contributed by atoms with Gasteiger partial charge in [0.15, 0.2) is 6.10 Å². The number of phosphoric ester groups is 1. The first kappa shape index (κ1) is 52.9. The molecule has 0 aromatic carbocycles. The Kier molecular flexibility index (Phi) is 36.6. The predicted octanol–water partition coefficient (Wildman–Crippen LogP) is 10.9. The van der Waals surface area contributed by atoms with Gasteiger partial charge in [-0.1, -0.05) is 138 Å². The summed E-state index contributed by atoms with van der Waals surface area (Å²) in [5.41, 5.74) is 5.32. The van der Waals surface area contributed by atoms with Gasteiger partial charge in [0.1, 0.15) is 12.6 Å². The first-order valence-electron chi connectivity index (χ1n) is 21.0. The molecule has 0 saturated heterocycles. The van der Waals surface area contributed by atoms with E-state index in [1.807, 2.05) is 12.2 Å². The van der Waals surface area contributed by atoms with Gasteiger partial charge in [-0.2, -0.15) is 0 Å². The summed E-state index contributed by atoms with van der Waals surface area (Å²) in [6.45, 7) is 2.60. The number of allylic oxidation sites excluding steroid dienone is 12. The van der Waals surface area contributed by atoms with Crippen molar-refractivity contribution in [3.05, 3.63) is 72.9 Å². The van der Waals surface area contributed by atoms with E-state index in [-0.39, 0.29) is 19.4 Å². The van der Waals surface area contributed by atoms with Gasteiger partial charge in [0.2, 0.25) is 0 Å². The van der Waals surface area contributed by atoms with E-state index in [0.29, 0.717) is 19.3 Å². The largest absolute Gasteiger partial charge is 0.480 e. The third-order valence-electron chi connectivity index (χ3n) is 8.44. The lowest BCUT2D eigenvalue weighted by Crippen LogP contribution is -2.34. The number of phosphoric acid groups is 1. The maximum atomic E-state index is 12.6. The van der Waals surface area contributed by atoms with Crippen molar-refractivity contribution in [1.29, 1.82) is 0 Å². The highest BCUT2D eigenvalue weighted by molar-refractivity contribution is 7.47. The van der Waals surface area contributed by atoms with E-state index in [2.05, 4.69) is 79.1 Å². The second kappa shape index (κ2) is 38.8. The highest BCUT2D eigenvalue weighted by Gasteiger charge is 2.28. The van der Waals surface area contributed by atoms with Gasteiger partial charge in [-0.25, -0.2) is 4.57 Å². The van der Waals surface area contributed by atoms with Crippen molar-refractivity contribution < 1.29 is 47.5 Å². The number of rotatable bonds is 38. The minimum absolute atomic E-state index is 0.125. The summed E-state index contributed by atoms with van der Waals surface area (Å²) in [5, 5.41) is 8.88. The van der Waals surface area contributed by atoms with Gasteiger partial charge in [-0.05, 0) is 77.0 Å². The minimum atomic E-state index is -4.73. The van der Waals surface area contributed by atoms with Crippen LogP contribution in [-0.4, -0.2) is 59.9 Å². The number of carboxylic acid groups (broad SMARTS) is 1. The Morgan fingerprint density at radius 3 is 1.57 bits per heavy atom. The van der Waals surface area contributed by atoms with Gasteiger partial charge in [0.25, 0.3) is 0 Å². The highest BCUT2D eigenvalue weighted by Crippen LogP contribution is 2.43. The van der Waals surface area contributed by atoms with E-state index < -0.39 is 51.1 Å². The zero-order valence-electron chi connectivity index (χ0n) is 34.4. The molecule has 56 heavy (non-hydrogen) atoms. The first-order valence-corrected chi connectivity index (χ1v) is 22.5. The Bertz CT molecular complexity index is 1230. The third kappa shape index (κ3) is 37.8. The van der Waals surface area contributed by atoms with Crippen LogP contribution in [0.4, 0.5) is 0 Å². The fraction of sp³-hybridized carbons (Fsp3) is 0.659. The van der Waals surface area contributed by atoms with Crippen LogP contribution in [0.25, 0.3) is 0 Å². The number of unbranched alkanes of at least 4 members (excludes halogenated alkanes) is 12. The molecule has 0 spiro atoms. The number of carbonyl (C=O) groups excluding carboxylic acids is 2. The molecule has 0 aromatic rings. The zero-order chi connectivity index (χ0) is 41.4. The van der Waals surface area contributed by atoms with Gasteiger partial charge >= 0.3 is 25.7 Å². The lowest BCUT2D eigenvalue weighted by molar-refractivity contribution is -0.161. The van der Waals surface area contributed by atoms with Crippen molar-refractivity contribution in [1.82, 2.24) is 0 Å². The quantitative estimate of drug-likeness (QED) is 0.0235. The molecule has 0 aliphatic rings. The smallest absolute Gasteiger partial charge is 0.472 e. The molecule has 0 fully saturated rings. The van der Waals surface area contributed by atoms with Crippen molar-refractivity contribution >= 4 is 25.7 Å². The number of carboxylic acids is 1. The zero-order valence-corrected chi connectivity index (χ0v) is 35.3. The SMILES string of the molecule is CC/C=C/C/C=C/C/C=C/C/C=C/C/C=C/CCCC(=O)OC[C@H](COP(=O)(O)OC[C@H](N)C(=O)O)OC(=O)CCCCC/C=C/CCCCCCCCCC. The number of carbonyl (C=O) groups is 3. The maximum absolute atomic E-state index is 12.6. The summed E-state index contributed by atoms with van der Waals surface area (Å²) in [6.07, 6.45) is 45.5. The van der Waals surface area contributed by atoms with Crippen LogP contribution in [0.5, 0.6) is 0 Å². The molecule has 0 amide bonds. The van der Waals surface area contributed by atoms with Gasteiger partial charge in [-0.15, -0.1) is 0 Å². The second-order valence-corrected chi connectivity index (χ2v) is 15.2. The Morgan fingerprint density at radius 1 is 0.571 bits per heavy atom. The van der Waals surface area contributed by atoms with E-state index in [1.54, 1.807) is 0 Å². The van der Waals surface area contributed by atoms with E-state index in [0.717, 1.165) is 57.8 Å². The first-order chi connectivity index (χ1) is 27.1. The molecule has 0 aromatic heterocycles. The molecular formula is C44H74NO10P. The Labute approximate surface area is 338 Å². The molecule has 4 N–H and O–H groups in total. The maximum Gasteiger partial charge on any atom is 0.472 e. The molecule has 11 nitrogen and oxygen atoms in total. The Balaban J connectivity index is 4.52. The summed E-state index contributed by atoms with van der Waals surface area (Å²) in [4.78, 5) is 45.9. The van der Waals surface area contributed by atoms with Crippen molar-refractivity contribution in [2.75, 3.05) is 19.8 Å². The number of nitrogens with two attached hydrogens (primary N) is 1. The summed E-state index contributed by atoms with van der Waals surface area (Å²) < 4.78 is 32.6. The average Bonchev–Trinajstić information content (AvgIpc) is 3.17. The molecule has 0 heterocycles. The fourth-order valence-electron chi connectivity index (χ4n) is 5.15. The van der Waals surface area contributed by atoms with Crippen LogP contribution < -0.4 is 5.73 Å². The van der Waals surface area contributed by atoms with Crippen molar-refractivity contribution in [3.63, 3.8) is 0 Å². The molecular weight excluding hydrogens is 733 g/mol. The summed E-state index contributed by atoms with van der Waals surface area (Å²) in [5.74, 6) is -2.48. The van der Waals surface area contributed by atoms with E-state index in [9.17, 15) is 23.8 Å². The van der Waals surface area contributed by atoms with Crippen molar-refractivity contribution in [3.8, 4) is 0 Å². The normalized spacial score (nSPS) is 14.5. The summed E-state index contributed by atoms with van der Waals surface area (Å²) in [6, 6.07) is -1.53. The van der Waals surface area contributed by atoms with E-state index in [1.165, 1.54) is 51.4 Å². The van der Waals surface area contributed by atoms with Gasteiger partial charge < -0.3 is 25.2 Å². The number of hydrogen-bond acceptors (Lipinski definition) is 9. The Hall–Kier alpha value is -3.08. The molecule has 0 bridgehead atoms. The van der Waals surface area contributed by atoms with Crippen molar-refractivity contribution in [2.24, 2.45) is 5.73 Å². The number of esters is 2. The summed E-state index contributed by atoms with van der Waals surface area (Å²) >= 11 is 0. The topological polar surface area (TPSA) is 172 Å². The highest BCUT2D eigenvalue weighted by atomic mass is 31.2. The van der Waals surface area contributed by atoms with Crippen LogP contribution in [-0.2, 0) is 37.5 Å². The molecule has 3 atom stereocenters. The second-order valence-electron chi connectivity index (χ2n) is 13.7. The molecule has 0 aliphatic heterocycles. The molecule has 0 aliphatic carbocycles. The monoisotopic (exact) mass is 808 g/mol. The van der Waals surface area contributed by atoms with E-state index in [4.69, 9.17) is 24.8 Å². The summed E-state index contributed by atoms with van der Waals surface area (Å²) in [7, 11) is -4.73. The third-order valence-corrected chi connectivity index (χ3v) is 9.39. The predicted molar refractivity (Wildman–Crippen MR) is 226 cm³/mol. The van der Waals surface area contributed by atoms with Crippen LogP contribution in [0.3, 0.4) is 0 Å². The number of hydrogen-bond donors (Lipinski definition) is 3. The standard InChI is InChI=1S/C44H74NO10P/c1-3-5-7-9-11-13-15-17-19-20-22-23-25-27-29-31-33-35-42(46)52-37-40(38-53-56(50,51)54-39-41(45)44(48)49)55-43(47)36-34-32-30-28-26-24-21-18-16-14-12-10-8-6-4-2/h5,7,11,13,17,19,22-24,26-27,29,40-41H,3-4,6,8-10,12,14-16,18,20-21,25,28,30-39,45H2,1-2H3,(H,48,49)(H,50,51)/b7-5+,13-11+,19-17+,23-22+,26-24+,29-27+/t40-,41+/m1/s1. The molecule has 1 unspecified atom stereocenters. The molecule has 0 rings (SSSR count). The van der Waals surface area contributed by atoms with Crippen LogP contribution in [0.2, 0.25) is 0 Å². The van der Waals surface area contributed by atoms with Crippen LogP contribution in [0, 0.1) is 0 Å². The van der Waals surface area contributed by atoms with Crippen LogP contribution in [0.1, 0.15) is 155 Å². The lowest BCUT2D eigenvalue weighted by atomic mass is 10.1. The van der Waals surface area contributed by atoms with Gasteiger partial charge in [0.05, 0.1) is 13.2 Å². The molecule has 0 radical (unpaired) electrons. The van der Waals surface area contributed by atoms with Crippen LogP contribution in [0.15, 0.2) is 72.9 Å². The van der Waals surface area contributed by atoms with Crippen molar-refractivity contribution in [2.45, 2.75) is 167 Å². The number of ether oxygens (including phenoxy) is 2.